The quantitative estimate of drug-likeness (QED) is 0.231. The number of hydrogen-bond donors (Lipinski definition) is 2. The highest BCUT2D eigenvalue weighted by Crippen LogP contribution is 2.31. The third-order valence-corrected chi connectivity index (χ3v) is 7.10. The number of para-hydroxylation sites is 2. The van der Waals surface area contributed by atoms with Gasteiger partial charge in [0.15, 0.2) is 5.65 Å². The molecule has 38 heavy (non-hydrogen) atoms. The zero-order valence-electron chi connectivity index (χ0n) is 22.1. The van der Waals surface area contributed by atoms with Crippen LogP contribution in [0, 0.1) is 0 Å². The summed E-state index contributed by atoms with van der Waals surface area (Å²) in [5, 5.41) is 3.00. The number of carbonyl (C=O) groups is 1. The molecule has 0 unspecified atom stereocenters. The third-order valence-electron chi connectivity index (χ3n) is 7.10. The summed E-state index contributed by atoms with van der Waals surface area (Å²) in [7, 11) is 0. The Balaban J connectivity index is 1.39. The van der Waals surface area contributed by atoms with E-state index < -0.39 is 0 Å². The Bertz CT molecular complexity index is 1380. The lowest BCUT2D eigenvalue weighted by molar-refractivity contribution is 0.0859. The molecule has 5 rings (SSSR count). The van der Waals surface area contributed by atoms with Crippen LogP contribution in [0.4, 0.5) is 5.82 Å². The summed E-state index contributed by atoms with van der Waals surface area (Å²) in [4.78, 5) is 23.0. The molecule has 3 heterocycles. The number of amides is 1. The molecular formula is C30H37N5O3. The van der Waals surface area contributed by atoms with Crippen LogP contribution in [-0.2, 0) is 4.74 Å². The number of nitrogen functional groups attached to an aromatic ring is 1. The van der Waals surface area contributed by atoms with Crippen LogP contribution in [0.1, 0.15) is 68.6 Å². The number of benzene rings is 2. The Morgan fingerprint density at radius 1 is 1.05 bits per heavy atom. The van der Waals surface area contributed by atoms with Crippen molar-refractivity contribution in [3.05, 3.63) is 54.1 Å². The van der Waals surface area contributed by atoms with Gasteiger partial charge >= 0.3 is 0 Å². The molecule has 0 spiro atoms. The van der Waals surface area contributed by atoms with E-state index in [0.717, 1.165) is 42.8 Å². The van der Waals surface area contributed by atoms with Gasteiger partial charge in [-0.25, -0.2) is 9.97 Å². The smallest absolute Gasteiger partial charge is 0.257 e. The molecule has 8 heteroatoms. The fourth-order valence-corrected chi connectivity index (χ4v) is 5.01. The molecule has 1 aliphatic rings. The van der Waals surface area contributed by atoms with Gasteiger partial charge < -0.3 is 20.5 Å². The van der Waals surface area contributed by atoms with Crippen molar-refractivity contribution in [2.75, 3.05) is 25.5 Å². The molecule has 3 N–H and O–H groups in total. The van der Waals surface area contributed by atoms with Gasteiger partial charge in [-0.1, -0.05) is 51.2 Å². The molecule has 200 valence electrons. The average molecular weight is 516 g/mol. The summed E-state index contributed by atoms with van der Waals surface area (Å²) in [6, 6.07) is 15.4. The first-order chi connectivity index (χ1) is 18.7. The number of ether oxygens (including phenoxy) is 2. The molecule has 4 aromatic rings. The number of nitrogens with zero attached hydrogens (tertiary/aromatic N) is 3. The molecule has 0 aliphatic carbocycles. The predicted octanol–water partition coefficient (Wildman–Crippen LogP) is 5.80. The van der Waals surface area contributed by atoms with Crippen LogP contribution in [0.5, 0.6) is 5.75 Å². The normalized spacial score (nSPS) is 15.3. The number of unbranched alkanes of at least 4 members (excludes halogenated alkanes) is 5. The van der Waals surface area contributed by atoms with Crippen molar-refractivity contribution in [3.63, 3.8) is 0 Å². The number of hydrogen-bond acceptors (Lipinski definition) is 6. The molecule has 0 radical (unpaired) electrons. The van der Waals surface area contributed by atoms with Gasteiger partial charge in [-0.2, -0.15) is 0 Å². The minimum absolute atomic E-state index is 0.0318. The minimum Gasteiger partial charge on any atom is -0.494 e. The van der Waals surface area contributed by atoms with Crippen molar-refractivity contribution < 1.29 is 14.3 Å². The van der Waals surface area contributed by atoms with Crippen LogP contribution in [0.3, 0.4) is 0 Å². The molecule has 8 nitrogen and oxygen atoms in total. The number of fused-ring (bicyclic) bond motifs is 2. The van der Waals surface area contributed by atoms with E-state index in [0.29, 0.717) is 41.2 Å². The van der Waals surface area contributed by atoms with Crippen molar-refractivity contribution in [1.82, 2.24) is 19.9 Å². The number of anilines is 1. The molecule has 1 atom stereocenters. The van der Waals surface area contributed by atoms with E-state index in [1.54, 1.807) is 4.57 Å². The van der Waals surface area contributed by atoms with Crippen molar-refractivity contribution in [2.45, 2.75) is 64.4 Å². The van der Waals surface area contributed by atoms with Gasteiger partial charge in [-0.05, 0) is 55.7 Å². The van der Waals surface area contributed by atoms with E-state index in [1.165, 1.54) is 32.1 Å². The maximum absolute atomic E-state index is 13.4. The first kappa shape index (κ1) is 26.0. The summed E-state index contributed by atoms with van der Waals surface area (Å²) in [5.74, 6) is 0.842. The van der Waals surface area contributed by atoms with Gasteiger partial charge in [0.2, 0.25) is 0 Å². The van der Waals surface area contributed by atoms with E-state index in [-0.39, 0.29) is 12.0 Å². The van der Waals surface area contributed by atoms with Gasteiger partial charge in [0.1, 0.15) is 22.6 Å². The summed E-state index contributed by atoms with van der Waals surface area (Å²) < 4.78 is 13.4. The van der Waals surface area contributed by atoms with E-state index in [4.69, 9.17) is 25.2 Å². The van der Waals surface area contributed by atoms with Gasteiger partial charge in [0, 0.05) is 18.8 Å². The topological polar surface area (TPSA) is 104 Å². The Kier molecular flexibility index (Phi) is 8.38. The Morgan fingerprint density at radius 3 is 2.53 bits per heavy atom. The second-order valence-electron chi connectivity index (χ2n) is 9.94. The van der Waals surface area contributed by atoms with Gasteiger partial charge in [0.05, 0.1) is 23.7 Å². The zero-order valence-corrected chi connectivity index (χ0v) is 22.1. The van der Waals surface area contributed by atoms with Crippen LogP contribution < -0.4 is 15.8 Å². The van der Waals surface area contributed by atoms with Crippen LogP contribution in [0.2, 0.25) is 0 Å². The third kappa shape index (κ3) is 5.75. The monoisotopic (exact) mass is 515 g/mol. The van der Waals surface area contributed by atoms with Gasteiger partial charge in [-0.15, -0.1) is 0 Å². The molecule has 0 bridgehead atoms. The van der Waals surface area contributed by atoms with E-state index in [9.17, 15) is 4.79 Å². The minimum atomic E-state index is -0.273. The Labute approximate surface area is 223 Å². The number of carbonyl (C=O) groups excluding carboxylic acids is 1. The zero-order chi connectivity index (χ0) is 26.3. The number of aromatic nitrogens is 3. The molecule has 1 fully saturated rings. The van der Waals surface area contributed by atoms with Crippen LogP contribution >= 0.6 is 0 Å². The van der Waals surface area contributed by atoms with Crippen molar-refractivity contribution in [1.29, 1.82) is 0 Å². The molecule has 0 saturated carbocycles. The van der Waals surface area contributed by atoms with E-state index in [2.05, 4.69) is 12.2 Å². The predicted molar refractivity (Wildman–Crippen MR) is 151 cm³/mol. The van der Waals surface area contributed by atoms with Crippen LogP contribution in [-0.4, -0.2) is 46.3 Å². The largest absolute Gasteiger partial charge is 0.494 e. The number of rotatable bonds is 12. The molecule has 2 aromatic carbocycles. The fraction of sp³-hybridized carbons (Fsp3) is 0.433. The van der Waals surface area contributed by atoms with E-state index >= 15 is 0 Å². The maximum atomic E-state index is 13.4. The highest BCUT2D eigenvalue weighted by Gasteiger charge is 2.26. The Morgan fingerprint density at radius 2 is 1.79 bits per heavy atom. The number of nitrogens with one attached hydrogen (secondary N) is 1. The van der Waals surface area contributed by atoms with Crippen molar-refractivity contribution in [2.24, 2.45) is 0 Å². The SMILES string of the molecule is CCCCCCCCOc1ccc(-n2c(N)c(C(=O)NC[C@H]3CCCO3)c3nc4ccccc4nc32)cc1. The highest BCUT2D eigenvalue weighted by atomic mass is 16.5. The fourth-order valence-electron chi connectivity index (χ4n) is 5.01. The van der Waals surface area contributed by atoms with Crippen LogP contribution in [0.15, 0.2) is 48.5 Å². The second kappa shape index (κ2) is 12.3. The van der Waals surface area contributed by atoms with E-state index in [1.807, 2.05) is 48.5 Å². The molecule has 1 amide bonds. The Hall–Kier alpha value is -3.65. The standard InChI is InChI=1S/C30H37N5O3/c1-2-3-4-5-6-9-18-37-22-16-14-21(15-17-22)35-28(31)26(30(36)32-20-23-11-10-19-38-23)27-29(35)34-25-13-8-7-12-24(25)33-27/h7-8,12-17,23H,2-6,9-11,18-20,31H2,1H3,(H,32,36)/t23-/m1/s1. The summed E-state index contributed by atoms with van der Waals surface area (Å²) >= 11 is 0. The highest BCUT2D eigenvalue weighted by molar-refractivity contribution is 6.11. The van der Waals surface area contributed by atoms with Crippen molar-refractivity contribution >= 4 is 33.9 Å². The summed E-state index contributed by atoms with van der Waals surface area (Å²) in [6.45, 7) is 4.11. The maximum Gasteiger partial charge on any atom is 0.257 e. The molecule has 1 saturated heterocycles. The lowest BCUT2D eigenvalue weighted by Crippen LogP contribution is -2.32. The number of nitrogens with two attached hydrogens (primary N) is 1. The molecular weight excluding hydrogens is 478 g/mol. The lowest BCUT2D eigenvalue weighted by Gasteiger charge is -2.11. The molecule has 2 aromatic heterocycles. The van der Waals surface area contributed by atoms with Gasteiger partial charge in [-0.3, -0.25) is 9.36 Å². The lowest BCUT2D eigenvalue weighted by atomic mass is 10.1. The second-order valence-corrected chi connectivity index (χ2v) is 9.94. The van der Waals surface area contributed by atoms with Crippen LogP contribution in [0.25, 0.3) is 27.9 Å². The summed E-state index contributed by atoms with van der Waals surface area (Å²) in [5.41, 5.74) is 10.2. The average Bonchev–Trinajstić information content (AvgIpc) is 3.56. The first-order valence-electron chi connectivity index (χ1n) is 13.9. The molecule has 1 aliphatic heterocycles. The van der Waals surface area contributed by atoms with Gasteiger partial charge in [0.25, 0.3) is 5.91 Å². The van der Waals surface area contributed by atoms with Crippen molar-refractivity contribution in [3.8, 4) is 11.4 Å². The summed E-state index contributed by atoms with van der Waals surface area (Å²) in [6.07, 6.45) is 9.34. The first-order valence-corrected chi connectivity index (χ1v) is 13.9.